The van der Waals surface area contributed by atoms with Crippen LogP contribution in [0.25, 0.3) is 0 Å². The van der Waals surface area contributed by atoms with Crippen LogP contribution in [0.2, 0.25) is 0 Å². The summed E-state index contributed by atoms with van der Waals surface area (Å²) >= 11 is 3.59. The standard InChI is InChI=1S/C15H24BrN/c1-12(2)15-7-5-14(6-8-15)11-17(4)10-9-13(3)16/h5-8,12-13H,9-11H2,1-4H3. The van der Waals surface area contributed by atoms with Gasteiger partial charge < -0.3 is 4.90 Å². The van der Waals surface area contributed by atoms with Crippen molar-refractivity contribution in [2.24, 2.45) is 0 Å². The Morgan fingerprint density at radius 2 is 1.71 bits per heavy atom. The smallest absolute Gasteiger partial charge is 0.0230 e. The van der Waals surface area contributed by atoms with Crippen LogP contribution in [0.3, 0.4) is 0 Å². The predicted molar refractivity (Wildman–Crippen MR) is 79.9 cm³/mol. The van der Waals surface area contributed by atoms with Gasteiger partial charge in [-0.3, -0.25) is 0 Å². The van der Waals surface area contributed by atoms with Crippen molar-refractivity contribution in [2.75, 3.05) is 13.6 Å². The van der Waals surface area contributed by atoms with E-state index < -0.39 is 0 Å². The van der Waals surface area contributed by atoms with Gasteiger partial charge in [-0.1, -0.05) is 61.0 Å². The SMILES string of the molecule is CC(Br)CCN(C)Cc1ccc(C(C)C)cc1. The van der Waals surface area contributed by atoms with Gasteiger partial charge in [0.05, 0.1) is 0 Å². The van der Waals surface area contributed by atoms with E-state index in [1.165, 1.54) is 17.5 Å². The van der Waals surface area contributed by atoms with E-state index >= 15 is 0 Å². The Hall–Kier alpha value is -0.340. The largest absolute Gasteiger partial charge is 0.302 e. The normalized spacial score (nSPS) is 13.4. The topological polar surface area (TPSA) is 3.24 Å². The lowest BCUT2D eigenvalue weighted by atomic mass is 10.0. The average molecular weight is 298 g/mol. The van der Waals surface area contributed by atoms with Crippen molar-refractivity contribution in [1.29, 1.82) is 0 Å². The van der Waals surface area contributed by atoms with Crippen LogP contribution in [0.5, 0.6) is 0 Å². The Morgan fingerprint density at radius 3 is 2.18 bits per heavy atom. The fraction of sp³-hybridized carbons (Fsp3) is 0.600. The van der Waals surface area contributed by atoms with E-state index in [9.17, 15) is 0 Å². The van der Waals surface area contributed by atoms with Gasteiger partial charge in [-0.2, -0.15) is 0 Å². The zero-order chi connectivity index (χ0) is 12.8. The molecule has 0 saturated heterocycles. The first kappa shape index (κ1) is 14.7. The van der Waals surface area contributed by atoms with Gasteiger partial charge in [-0.15, -0.1) is 0 Å². The number of alkyl halides is 1. The molecular formula is C15H24BrN. The van der Waals surface area contributed by atoms with Gasteiger partial charge in [-0.05, 0) is 37.1 Å². The maximum atomic E-state index is 3.59. The molecule has 1 aromatic carbocycles. The highest BCUT2D eigenvalue weighted by molar-refractivity contribution is 9.09. The van der Waals surface area contributed by atoms with E-state index in [2.05, 4.69) is 72.9 Å². The van der Waals surface area contributed by atoms with Crippen LogP contribution in [-0.2, 0) is 6.54 Å². The number of hydrogen-bond acceptors (Lipinski definition) is 1. The lowest BCUT2D eigenvalue weighted by Gasteiger charge is -2.17. The summed E-state index contributed by atoms with van der Waals surface area (Å²) in [6.07, 6.45) is 1.20. The molecule has 1 nitrogen and oxygen atoms in total. The molecule has 0 fully saturated rings. The van der Waals surface area contributed by atoms with Crippen molar-refractivity contribution in [1.82, 2.24) is 4.90 Å². The van der Waals surface area contributed by atoms with Gasteiger partial charge >= 0.3 is 0 Å². The van der Waals surface area contributed by atoms with Gasteiger partial charge in [0, 0.05) is 11.4 Å². The first-order valence-electron chi connectivity index (χ1n) is 6.40. The third-order valence-electron chi connectivity index (χ3n) is 3.01. The van der Waals surface area contributed by atoms with Gasteiger partial charge in [0.25, 0.3) is 0 Å². The van der Waals surface area contributed by atoms with E-state index in [1.54, 1.807) is 0 Å². The monoisotopic (exact) mass is 297 g/mol. The lowest BCUT2D eigenvalue weighted by molar-refractivity contribution is 0.323. The van der Waals surface area contributed by atoms with Crippen molar-refractivity contribution in [2.45, 2.75) is 44.5 Å². The van der Waals surface area contributed by atoms with Crippen molar-refractivity contribution in [3.63, 3.8) is 0 Å². The van der Waals surface area contributed by atoms with Gasteiger partial charge in [0.1, 0.15) is 0 Å². The molecule has 1 rings (SSSR count). The molecule has 0 aliphatic carbocycles. The van der Waals surface area contributed by atoms with Gasteiger partial charge in [0.2, 0.25) is 0 Å². The molecule has 0 bridgehead atoms. The minimum atomic E-state index is 0.605. The minimum absolute atomic E-state index is 0.605. The van der Waals surface area contributed by atoms with Crippen LogP contribution in [-0.4, -0.2) is 23.3 Å². The predicted octanol–water partition coefficient (Wildman–Crippen LogP) is 4.42. The Morgan fingerprint density at radius 1 is 1.12 bits per heavy atom. The zero-order valence-electron chi connectivity index (χ0n) is 11.4. The number of hydrogen-bond donors (Lipinski definition) is 0. The summed E-state index contributed by atoms with van der Waals surface area (Å²) in [5.41, 5.74) is 2.82. The number of halogens is 1. The van der Waals surface area contributed by atoms with Crippen molar-refractivity contribution in [3.8, 4) is 0 Å². The zero-order valence-corrected chi connectivity index (χ0v) is 13.0. The maximum Gasteiger partial charge on any atom is 0.0230 e. The highest BCUT2D eigenvalue weighted by atomic mass is 79.9. The van der Waals surface area contributed by atoms with Gasteiger partial charge in [0.15, 0.2) is 0 Å². The molecule has 0 saturated carbocycles. The van der Waals surface area contributed by atoms with Crippen molar-refractivity contribution in [3.05, 3.63) is 35.4 Å². The molecule has 2 heteroatoms. The Bertz CT molecular complexity index is 316. The van der Waals surface area contributed by atoms with Crippen LogP contribution in [0, 0.1) is 0 Å². The second-order valence-electron chi connectivity index (χ2n) is 5.20. The maximum absolute atomic E-state index is 3.59. The fourth-order valence-electron chi connectivity index (χ4n) is 1.80. The van der Waals surface area contributed by atoms with Gasteiger partial charge in [-0.25, -0.2) is 0 Å². The molecule has 0 spiro atoms. The summed E-state index contributed by atoms with van der Waals surface area (Å²) in [5, 5.41) is 0. The van der Waals surface area contributed by atoms with Crippen molar-refractivity contribution < 1.29 is 0 Å². The van der Waals surface area contributed by atoms with E-state index in [0.717, 1.165) is 13.1 Å². The van der Waals surface area contributed by atoms with Crippen LogP contribution in [0.15, 0.2) is 24.3 Å². The summed E-state index contributed by atoms with van der Waals surface area (Å²) < 4.78 is 0. The molecule has 0 amide bonds. The Labute approximate surface area is 114 Å². The average Bonchev–Trinajstić information content (AvgIpc) is 2.27. The number of benzene rings is 1. The molecule has 0 radical (unpaired) electrons. The number of nitrogens with zero attached hydrogens (tertiary/aromatic N) is 1. The molecule has 1 unspecified atom stereocenters. The molecule has 17 heavy (non-hydrogen) atoms. The molecule has 0 aliphatic heterocycles. The minimum Gasteiger partial charge on any atom is -0.302 e. The highest BCUT2D eigenvalue weighted by Crippen LogP contribution is 2.15. The summed E-state index contributed by atoms with van der Waals surface area (Å²) in [6.45, 7) is 8.85. The summed E-state index contributed by atoms with van der Waals surface area (Å²) in [7, 11) is 2.19. The van der Waals surface area contributed by atoms with E-state index in [0.29, 0.717) is 10.7 Å². The molecular weight excluding hydrogens is 274 g/mol. The second-order valence-corrected chi connectivity index (χ2v) is 6.77. The molecule has 0 aromatic heterocycles. The molecule has 0 heterocycles. The summed E-state index contributed by atoms with van der Waals surface area (Å²) in [4.78, 5) is 2.98. The van der Waals surface area contributed by atoms with E-state index in [1.807, 2.05) is 0 Å². The first-order chi connectivity index (χ1) is 7.99. The van der Waals surface area contributed by atoms with Crippen LogP contribution >= 0.6 is 15.9 Å². The summed E-state index contributed by atoms with van der Waals surface area (Å²) in [6, 6.07) is 9.01. The van der Waals surface area contributed by atoms with Crippen LogP contribution in [0.4, 0.5) is 0 Å². The van der Waals surface area contributed by atoms with Crippen molar-refractivity contribution >= 4 is 15.9 Å². The Balaban J connectivity index is 2.45. The first-order valence-corrected chi connectivity index (χ1v) is 7.32. The molecule has 1 aromatic rings. The fourth-order valence-corrected chi connectivity index (χ4v) is 2.00. The molecule has 1 atom stereocenters. The third kappa shape index (κ3) is 5.69. The molecule has 96 valence electrons. The quantitative estimate of drug-likeness (QED) is 0.703. The molecule has 0 aliphatic rings. The van der Waals surface area contributed by atoms with Crippen LogP contribution in [0.1, 0.15) is 44.2 Å². The van der Waals surface area contributed by atoms with E-state index in [-0.39, 0.29) is 0 Å². The second kappa shape index (κ2) is 7.17. The molecule has 0 N–H and O–H groups in total. The van der Waals surface area contributed by atoms with Crippen LogP contribution < -0.4 is 0 Å². The Kier molecular flexibility index (Phi) is 6.21. The third-order valence-corrected chi connectivity index (χ3v) is 3.47. The summed E-state index contributed by atoms with van der Waals surface area (Å²) in [5.74, 6) is 0.621. The lowest BCUT2D eigenvalue weighted by Crippen LogP contribution is -2.20. The van der Waals surface area contributed by atoms with E-state index in [4.69, 9.17) is 0 Å². The number of rotatable bonds is 6. The highest BCUT2D eigenvalue weighted by Gasteiger charge is 2.03.